The van der Waals surface area contributed by atoms with Crippen molar-refractivity contribution in [3.05, 3.63) is 29.3 Å². The van der Waals surface area contributed by atoms with Crippen LogP contribution < -0.4 is 10.1 Å². The summed E-state index contributed by atoms with van der Waals surface area (Å²) in [5.41, 5.74) is 1.20. The first-order valence-corrected chi connectivity index (χ1v) is 11.4. The van der Waals surface area contributed by atoms with E-state index in [1.54, 1.807) is 18.2 Å². The van der Waals surface area contributed by atoms with Gasteiger partial charge in [0.15, 0.2) is 0 Å². The van der Waals surface area contributed by atoms with Crippen molar-refractivity contribution in [1.29, 1.82) is 5.26 Å². The summed E-state index contributed by atoms with van der Waals surface area (Å²) >= 11 is 0. The molecule has 0 saturated carbocycles. The molecule has 9 heteroatoms. The van der Waals surface area contributed by atoms with E-state index in [-0.39, 0.29) is 43.0 Å². The third-order valence-corrected chi connectivity index (χ3v) is 6.26. The van der Waals surface area contributed by atoms with E-state index in [1.807, 2.05) is 4.90 Å². The summed E-state index contributed by atoms with van der Waals surface area (Å²) in [6.45, 7) is 1.81. The van der Waals surface area contributed by atoms with Gasteiger partial charge in [-0.25, -0.2) is 0 Å². The predicted octanol–water partition coefficient (Wildman–Crippen LogP) is 1.66. The van der Waals surface area contributed by atoms with E-state index in [0.29, 0.717) is 49.4 Å². The zero-order valence-electron chi connectivity index (χ0n) is 18.9. The molecule has 0 radical (unpaired) electrons. The van der Waals surface area contributed by atoms with Crippen molar-refractivity contribution in [3.63, 3.8) is 0 Å². The number of hydrogen-bond acceptors (Lipinski definition) is 6. The van der Waals surface area contributed by atoms with Gasteiger partial charge in [-0.3, -0.25) is 14.4 Å². The van der Waals surface area contributed by atoms with Crippen LogP contribution in [0.5, 0.6) is 5.75 Å². The molecule has 9 nitrogen and oxygen atoms in total. The van der Waals surface area contributed by atoms with Gasteiger partial charge in [-0.2, -0.15) is 5.26 Å². The van der Waals surface area contributed by atoms with Crippen molar-refractivity contribution >= 4 is 24.0 Å². The van der Waals surface area contributed by atoms with Gasteiger partial charge in [-0.15, -0.1) is 0 Å². The number of amides is 3. The molecule has 3 amide bonds. The maximum Gasteiger partial charge on any atom is 0.255 e. The van der Waals surface area contributed by atoms with Gasteiger partial charge in [0, 0.05) is 50.0 Å². The Morgan fingerprint density at radius 2 is 2.09 bits per heavy atom. The van der Waals surface area contributed by atoms with E-state index in [0.717, 1.165) is 19.1 Å². The first-order chi connectivity index (χ1) is 16.0. The first-order valence-electron chi connectivity index (χ1n) is 11.4. The predicted molar refractivity (Wildman–Crippen MR) is 119 cm³/mol. The summed E-state index contributed by atoms with van der Waals surface area (Å²) in [6.07, 6.45) is 3.54. The van der Waals surface area contributed by atoms with Crippen LogP contribution in [0.2, 0.25) is 0 Å². The topological polar surface area (TPSA) is 120 Å². The number of likely N-dealkylation sites (N-methyl/N-ethyl adjacent to an activating group) is 1. The fraction of sp³-hybridized carbons (Fsp3) is 0.542. The molecule has 3 rings (SSSR count). The van der Waals surface area contributed by atoms with Gasteiger partial charge in [0.25, 0.3) is 5.91 Å². The number of rotatable bonds is 10. The van der Waals surface area contributed by atoms with Crippen molar-refractivity contribution in [2.24, 2.45) is 5.92 Å². The second-order valence-electron chi connectivity index (χ2n) is 8.33. The number of hydrogen-bond donors (Lipinski definition) is 1. The van der Waals surface area contributed by atoms with E-state index in [9.17, 15) is 19.2 Å². The van der Waals surface area contributed by atoms with Crippen LogP contribution in [0.4, 0.5) is 0 Å². The highest BCUT2D eigenvalue weighted by atomic mass is 16.5. The molecular formula is C24H30N4O5. The van der Waals surface area contributed by atoms with Crippen molar-refractivity contribution < 1.29 is 23.9 Å². The van der Waals surface area contributed by atoms with E-state index < -0.39 is 6.04 Å². The minimum absolute atomic E-state index is 0.0428. The summed E-state index contributed by atoms with van der Waals surface area (Å²) < 4.78 is 5.92. The van der Waals surface area contributed by atoms with Crippen LogP contribution in [-0.4, -0.2) is 66.6 Å². The Kier molecular flexibility index (Phi) is 8.41. The van der Waals surface area contributed by atoms with E-state index in [2.05, 4.69) is 11.4 Å². The summed E-state index contributed by atoms with van der Waals surface area (Å²) in [5, 5.41) is 11.5. The van der Waals surface area contributed by atoms with Gasteiger partial charge in [0.05, 0.1) is 19.2 Å². The number of aldehydes is 1. The molecule has 1 aromatic rings. The Bertz CT molecular complexity index is 933. The summed E-state index contributed by atoms with van der Waals surface area (Å²) in [6, 6.07) is 6.76. The van der Waals surface area contributed by atoms with Crippen LogP contribution in [0.25, 0.3) is 0 Å². The number of carbonyl (C=O) groups excluding carboxylic acids is 4. The number of benzene rings is 1. The van der Waals surface area contributed by atoms with Gasteiger partial charge in [0.1, 0.15) is 18.1 Å². The zero-order chi connectivity index (χ0) is 23.8. The summed E-state index contributed by atoms with van der Waals surface area (Å²) in [4.78, 5) is 51.8. The monoisotopic (exact) mass is 454 g/mol. The fourth-order valence-corrected chi connectivity index (χ4v) is 4.36. The first kappa shape index (κ1) is 24.2. The van der Waals surface area contributed by atoms with Crippen molar-refractivity contribution in [2.75, 3.05) is 26.7 Å². The lowest BCUT2D eigenvalue weighted by Gasteiger charge is -2.29. The Hall–Kier alpha value is -3.41. The van der Waals surface area contributed by atoms with Crippen LogP contribution in [0, 0.1) is 17.2 Å². The molecular weight excluding hydrogens is 424 g/mol. The third-order valence-electron chi connectivity index (χ3n) is 6.26. The number of fused-ring (bicyclic) bond motifs is 1. The normalized spacial score (nSPS) is 16.7. The van der Waals surface area contributed by atoms with Gasteiger partial charge >= 0.3 is 0 Å². The molecule has 33 heavy (non-hydrogen) atoms. The highest BCUT2D eigenvalue weighted by molar-refractivity contribution is 6.01. The maximum absolute atomic E-state index is 12.9. The second kappa shape index (κ2) is 11.5. The lowest BCUT2D eigenvalue weighted by atomic mass is 9.98. The standard InChI is InChI=1S/C24H30N4O5/c1-26-23(31)20(6-3-13-29)28-16-19-18(24(28)32)5-2-7-21(19)33-14-4-8-22(30)27-11-9-17(15-25)10-12-27/h2,5,7,13,17,20H,3-4,6,8-12,14,16H2,1H3,(H,26,31). The zero-order valence-corrected chi connectivity index (χ0v) is 18.9. The maximum atomic E-state index is 12.9. The highest BCUT2D eigenvalue weighted by Gasteiger charge is 2.37. The lowest BCUT2D eigenvalue weighted by molar-refractivity contribution is -0.132. The van der Waals surface area contributed by atoms with E-state index in [4.69, 9.17) is 10.00 Å². The molecule has 176 valence electrons. The Balaban J connectivity index is 1.56. The summed E-state index contributed by atoms with van der Waals surface area (Å²) in [7, 11) is 1.51. The minimum atomic E-state index is -0.726. The van der Waals surface area contributed by atoms with Gasteiger partial charge in [0.2, 0.25) is 11.8 Å². The van der Waals surface area contributed by atoms with Crippen molar-refractivity contribution in [1.82, 2.24) is 15.1 Å². The molecule has 1 N–H and O–H groups in total. The Morgan fingerprint density at radius 1 is 1.33 bits per heavy atom. The molecule has 1 saturated heterocycles. The third kappa shape index (κ3) is 5.69. The van der Waals surface area contributed by atoms with Crippen LogP contribution in [0.3, 0.4) is 0 Å². The smallest absolute Gasteiger partial charge is 0.255 e. The number of nitriles is 1. The number of nitrogens with zero attached hydrogens (tertiary/aromatic N) is 3. The van der Waals surface area contributed by atoms with E-state index in [1.165, 1.54) is 11.9 Å². The fourth-order valence-electron chi connectivity index (χ4n) is 4.36. The lowest BCUT2D eigenvalue weighted by Crippen LogP contribution is -2.46. The summed E-state index contributed by atoms with van der Waals surface area (Å²) in [5.74, 6) is 0.111. The molecule has 1 unspecified atom stereocenters. The van der Waals surface area contributed by atoms with Gasteiger partial charge < -0.3 is 24.6 Å². The van der Waals surface area contributed by atoms with Crippen LogP contribution in [-0.2, 0) is 20.9 Å². The Labute approximate surface area is 193 Å². The number of piperidine rings is 1. The molecule has 0 bridgehead atoms. The van der Waals surface area contributed by atoms with Crippen molar-refractivity contribution in [2.45, 2.75) is 51.1 Å². The number of ether oxygens (including phenoxy) is 1. The highest BCUT2D eigenvalue weighted by Crippen LogP contribution is 2.33. The molecule has 1 atom stereocenters. The molecule has 2 aliphatic heterocycles. The van der Waals surface area contributed by atoms with E-state index >= 15 is 0 Å². The quantitative estimate of drug-likeness (QED) is 0.424. The van der Waals surface area contributed by atoms with Crippen molar-refractivity contribution in [3.8, 4) is 11.8 Å². The number of nitrogens with one attached hydrogen (secondary N) is 1. The minimum Gasteiger partial charge on any atom is -0.493 e. The second-order valence-corrected chi connectivity index (χ2v) is 8.33. The van der Waals surface area contributed by atoms with Crippen LogP contribution >= 0.6 is 0 Å². The van der Waals surface area contributed by atoms with Gasteiger partial charge in [-0.1, -0.05) is 6.07 Å². The molecule has 1 fully saturated rings. The number of carbonyl (C=O) groups is 4. The Morgan fingerprint density at radius 3 is 2.76 bits per heavy atom. The van der Waals surface area contributed by atoms with Crippen LogP contribution in [0.1, 0.15) is 54.4 Å². The van der Waals surface area contributed by atoms with Crippen LogP contribution in [0.15, 0.2) is 18.2 Å². The SMILES string of the molecule is CNC(=O)C(CCC=O)N1Cc2c(OCCCC(=O)N3CCC(C#N)CC3)cccc2C1=O. The molecule has 0 aromatic heterocycles. The molecule has 2 aliphatic rings. The molecule has 1 aromatic carbocycles. The van der Waals surface area contributed by atoms with Gasteiger partial charge in [-0.05, 0) is 37.8 Å². The average Bonchev–Trinajstić information content (AvgIpc) is 3.18. The number of likely N-dealkylation sites (tertiary alicyclic amines) is 1. The molecule has 0 spiro atoms. The molecule has 0 aliphatic carbocycles. The largest absolute Gasteiger partial charge is 0.493 e. The average molecular weight is 455 g/mol. The molecule has 2 heterocycles.